The zero-order valence-electron chi connectivity index (χ0n) is 13.0. The maximum Gasteiger partial charge on any atom is 0.244 e. The Kier molecular flexibility index (Phi) is 5.79. The monoisotopic (exact) mass is 331 g/mol. The van der Waals surface area contributed by atoms with Gasteiger partial charge in [-0.25, -0.2) is 8.42 Å². The minimum absolute atomic E-state index is 0.483. The lowest BCUT2D eigenvalue weighted by molar-refractivity contribution is 0.196. The lowest BCUT2D eigenvalue weighted by Crippen LogP contribution is -2.44. The Morgan fingerprint density at radius 1 is 1.38 bits per heavy atom. The van der Waals surface area contributed by atoms with Gasteiger partial charge in [0.25, 0.3) is 0 Å². The second-order valence-electron chi connectivity index (χ2n) is 5.59. The van der Waals surface area contributed by atoms with Crippen LogP contribution in [0.25, 0.3) is 0 Å². The van der Waals surface area contributed by atoms with Crippen LogP contribution in [0, 0.1) is 0 Å². The van der Waals surface area contributed by atoms with E-state index in [0.29, 0.717) is 30.6 Å². The van der Waals surface area contributed by atoms with Crippen molar-refractivity contribution in [2.24, 2.45) is 0 Å². The topological polar surface area (TPSA) is 52.7 Å². The van der Waals surface area contributed by atoms with Crippen LogP contribution in [0.4, 0.5) is 0 Å². The fourth-order valence-electron chi connectivity index (χ4n) is 2.66. The summed E-state index contributed by atoms with van der Waals surface area (Å²) >= 11 is 1.51. The minimum Gasteiger partial charge on any atom is -0.312 e. The van der Waals surface area contributed by atoms with Crippen molar-refractivity contribution >= 4 is 21.4 Å². The molecular formula is C14H25N3O2S2. The second-order valence-corrected chi connectivity index (χ2v) is 8.49. The summed E-state index contributed by atoms with van der Waals surface area (Å²) in [7, 11) is 0.772. The van der Waals surface area contributed by atoms with Gasteiger partial charge in [0.2, 0.25) is 10.0 Å². The molecule has 0 aliphatic carbocycles. The van der Waals surface area contributed by atoms with Crippen LogP contribution in [0.15, 0.2) is 16.3 Å². The lowest BCUT2D eigenvalue weighted by atomic mass is 10.1. The molecule has 2 rings (SSSR count). The van der Waals surface area contributed by atoms with Crippen LogP contribution in [0.5, 0.6) is 0 Å². The predicted octanol–water partition coefficient (Wildman–Crippen LogP) is 1.57. The standard InChI is InChI=1S/C14H25N3O2S2/c1-4-15-11-13-14(7-10-20-13)21(18,19)17-8-5-12(6-9-17)16(2)3/h7,10,12,15H,4-6,8-9,11H2,1-3H3. The Bertz CT molecular complexity index is 546. The largest absolute Gasteiger partial charge is 0.312 e. The average molecular weight is 332 g/mol. The molecule has 2 heterocycles. The van der Waals surface area contributed by atoms with Crippen molar-refractivity contribution in [3.63, 3.8) is 0 Å². The SMILES string of the molecule is CCNCc1sccc1S(=O)(=O)N1CCC(N(C)C)CC1. The molecule has 1 fully saturated rings. The van der Waals surface area contributed by atoms with Gasteiger partial charge in [-0.15, -0.1) is 11.3 Å². The van der Waals surface area contributed by atoms with Gasteiger partial charge in [-0.1, -0.05) is 6.92 Å². The molecule has 5 nitrogen and oxygen atoms in total. The third kappa shape index (κ3) is 3.84. The summed E-state index contributed by atoms with van der Waals surface area (Å²) in [6.45, 7) is 4.71. The summed E-state index contributed by atoms with van der Waals surface area (Å²) in [4.78, 5) is 3.58. The van der Waals surface area contributed by atoms with Gasteiger partial charge in [0.1, 0.15) is 0 Å². The fraction of sp³-hybridized carbons (Fsp3) is 0.714. The molecule has 1 N–H and O–H groups in total. The molecule has 0 unspecified atom stereocenters. The van der Waals surface area contributed by atoms with Crippen LogP contribution in [-0.2, 0) is 16.6 Å². The van der Waals surface area contributed by atoms with E-state index in [1.54, 1.807) is 10.4 Å². The van der Waals surface area contributed by atoms with E-state index in [9.17, 15) is 8.42 Å². The quantitative estimate of drug-likeness (QED) is 0.860. The third-order valence-corrected chi connectivity index (χ3v) is 7.05. The molecule has 0 spiro atoms. The van der Waals surface area contributed by atoms with Crippen molar-refractivity contribution in [1.82, 2.24) is 14.5 Å². The number of thiophene rings is 1. The van der Waals surface area contributed by atoms with E-state index in [1.807, 2.05) is 12.3 Å². The third-order valence-electron chi connectivity index (χ3n) is 4.01. The molecule has 0 amide bonds. The Hall–Kier alpha value is -0.470. The zero-order chi connectivity index (χ0) is 15.5. The molecule has 1 aromatic rings. The van der Waals surface area contributed by atoms with Crippen LogP contribution < -0.4 is 5.32 Å². The Morgan fingerprint density at radius 3 is 2.62 bits per heavy atom. The molecule has 1 saturated heterocycles. The number of hydrogen-bond donors (Lipinski definition) is 1. The smallest absolute Gasteiger partial charge is 0.244 e. The zero-order valence-corrected chi connectivity index (χ0v) is 14.6. The first-order valence-corrected chi connectivity index (χ1v) is 9.72. The second kappa shape index (κ2) is 7.19. The first-order chi connectivity index (χ1) is 9.96. The number of piperidine rings is 1. The van der Waals surface area contributed by atoms with Crippen molar-refractivity contribution in [3.8, 4) is 0 Å². The molecule has 0 saturated carbocycles. The van der Waals surface area contributed by atoms with Crippen molar-refractivity contribution in [2.75, 3.05) is 33.7 Å². The molecule has 1 aromatic heterocycles. The fourth-order valence-corrected chi connectivity index (χ4v) is 5.52. The average Bonchev–Trinajstić information content (AvgIpc) is 2.94. The van der Waals surface area contributed by atoms with Gasteiger partial charge in [-0.2, -0.15) is 4.31 Å². The van der Waals surface area contributed by atoms with Gasteiger partial charge in [0.15, 0.2) is 0 Å². The molecule has 1 aliphatic rings. The molecule has 0 radical (unpaired) electrons. The molecule has 0 bridgehead atoms. The Balaban J connectivity index is 2.10. The van der Waals surface area contributed by atoms with E-state index in [4.69, 9.17) is 0 Å². The van der Waals surface area contributed by atoms with Crippen LogP contribution in [0.1, 0.15) is 24.6 Å². The highest BCUT2D eigenvalue weighted by molar-refractivity contribution is 7.89. The molecule has 21 heavy (non-hydrogen) atoms. The van der Waals surface area contributed by atoms with Crippen molar-refractivity contribution < 1.29 is 8.42 Å². The van der Waals surface area contributed by atoms with Crippen molar-refractivity contribution in [1.29, 1.82) is 0 Å². The molecule has 120 valence electrons. The minimum atomic E-state index is -3.34. The van der Waals surface area contributed by atoms with Crippen molar-refractivity contribution in [3.05, 3.63) is 16.3 Å². The van der Waals surface area contributed by atoms with Gasteiger partial charge >= 0.3 is 0 Å². The Morgan fingerprint density at radius 2 is 2.05 bits per heavy atom. The van der Waals surface area contributed by atoms with Gasteiger partial charge in [0, 0.05) is 30.6 Å². The van der Waals surface area contributed by atoms with Crippen LogP contribution in [0.2, 0.25) is 0 Å². The summed E-state index contributed by atoms with van der Waals surface area (Å²) in [5.41, 5.74) is 0. The lowest BCUT2D eigenvalue weighted by Gasteiger charge is -2.34. The molecular weight excluding hydrogens is 306 g/mol. The van der Waals surface area contributed by atoms with E-state index < -0.39 is 10.0 Å². The van der Waals surface area contributed by atoms with Crippen LogP contribution in [0.3, 0.4) is 0 Å². The molecule has 1 aliphatic heterocycles. The summed E-state index contributed by atoms with van der Waals surface area (Å²) in [5.74, 6) is 0. The first-order valence-electron chi connectivity index (χ1n) is 7.40. The van der Waals surface area contributed by atoms with E-state index >= 15 is 0 Å². The summed E-state index contributed by atoms with van der Waals surface area (Å²) in [5, 5.41) is 5.08. The van der Waals surface area contributed by atoms with Gasteiger partial charge < -0.3 is 10.2 Å². The van der Waals surface area contributed by atoms with E-state index in [0.717, 1.165) is 24.3 Å². The highest BCUT2D eigenvalue weighted by Gasteiger charge is 2.31. The van der Waals surface area contributed by atoms with Gasteiger partial charge in [-0.3, -0.25) is 0 Å². The van der Waals surface area contributed by atoms with E-state index in [-0.39, 0.29) is 0 Å². The molecule has 7 heteroatoms. The first kappa shape index (κ1) is 16.9. The maximum absolute atomic E-state index is 12.8. The summed E-state index contributed by atoms with van der Waals surface area (Å²) in [6, 6.07) is 2.23. The summed E-state index contributed by atoms with van der Waals surface area (Å²) in [6.07, 6.45) is 1.80. The number of rotatable bonds is 6. The maximum atomic E-state index is 12.8. The Labute approximate surface area is 132 Å². The number of nitrogens with one attached hydrogen (secondary N) is 1. The normalized spacial score (nSPS) is 18.5. The highest BCUT2D eigenvalue weighted by atomic mass is 32.2. The number of hydrogen-bond acceptors (Lipinski definition) is 5. The van der Waals surface area contributed by atoms with Gasteiger partial charge in [0.05, 0.1) is 4.90 Å². The molecule has 0 atom stereocenters. The summed E-state index contributed by atoms with van der Waals surface area (Å²) < 4.78 is 27.2. The molecule has 0 aromatic carbocycles. The van der Waals surface area contributed by atoms with Gasteiger partial charge in [-0.05, 0) is 44.9 Å². The van der Waals surface area contributed by atoms with Crippen LogP contribution >= 0.6 is 11.3 Å². The van der Waals surface area contributed by atoms with E-state index in [1.165, 1.54) is 11.3 Å². The van der Waals surface area contributed by atoms with Crippen LogP contribution in [-0.4, -0.2) is 57.4 Å². The number of sulfonamides is 1. The predicted molar refractivity (Wildman–Crippen MR) is 87.2 cm³/mol. The highest BCUT2D eigenvalue weighted by Crippen LogP contribution is 2.27. The van der Waals surface area contributed by atoms with E-state index in [2.05, 4.69) is 24.3 Å². The number of nitrogens with zero attached hydrogens (tertiary/aromatic N) is 2. The van der Waals surface area contributed by atoms with Crippen molar-refractivity contribution in [2.45, 2.75) is 37.2 Å².